The largest absolute Gasteiger partial charge is 0.378 e. The number of hydrogen-bond acceptors (Lipinski definition) is 2. The predicted molar refractivity (Wildman–Crippen MR) is 72.4 cm³/mol. The minimum absolute atomic E-state index is 0.0480. The fourth-order valence-electron chi connectivity index (χ4n) is 2.32. The molecule has 17 heavy (non-hydrogen) atoms. The van der Waals surface area contributed by atoms with Gasteiger partial charge in [0.25, 0.3) is 0 Å². The van der Waals surface area contributed by atoms with Gasteiger partial charge in [-0.1, -0.05) is 25.7 Å². The third kappa shape index (κ3) is 2.69. The highest BCUT2D eigenvalue weighted by atomic mass is 28.3. The Morgan fingerprint density at radius 3 is 2.41 bits per heavy atom. The Labute approximate surface area is 103 Å². The molecule has 1 aromatic carbocycles. The standard InChI is InChI=1S/C13H20FNOSi/c1-17(2,3)13-11(14)5-4-6-12(13)15-7-9-16-10-8-15/h4-6H,7-10H2,1-3H3. The van der Waals surface area contributed by atoms with E-state index in [1.165, 1.54) is 0 Å². The molecule has 2 rings (SSSR count). The molecule has 0 aromatic heterocycles. The highest BCUT2D eigenvalue weighted by Crippen LogP contribution is 2.19. The van der Waals surface area contributed by atoms with Crippen LogP contribution < -0.4 is 10.1 Å². The number of rotatable bonds is 2. The van der Waals surface area contributed by atoms with Crippen molar-refractivity contribution in [3.8, 4) is 0 Å². The first-order valence-corrected chi connectivity index (χ1v) is 9.62. The number of morpholine rings is 1. The predicted octanol–water partition coefficient (Wildman–Crippen LogP) is 2.21. The van der Waals surface area contributed by atoms with Crippen LogP contribution in [0, 0.1) is 5.82 Å². The monoisotopic (exact) mass is 253 g/mol. The van der Waals surface area contributed by atoms with Crippen LogP contribution in [0.15, 0.2) is 18.2 Å². The van der Waals surface area contributed by atoms with Crippen LogP contribution in [0.2, 0.25) is 19.6 Å². The minimum atomic E-state index is -1.66. The lowest BCUT2D eigenvalue weighted by Crippen LogP contribution is -2.47. The second-order valence-electron chi connectivity index (χ2n) is 5.48. The summed E-state index contributed by atoms with van der Waals surface area (Å²) in [5.41, 5.74) is 1.08. The number of benzene rings is 1. The lowest BCUT2D eigenvalue weighted by Gasteiger charge is -2.33. The van der Waals surface area contributed by atoms with E-state index in [2.05, 4.69) is 24.5 Å². The topological polar surface area (TPSA) is 12.5 Å². The molecule has 0 atom stereocenters. The van der Waals surface area contributed by atoms with E-state index in [-0.39, 0.29) is 5.82 Å². The fourth-order valence-corrected chi connectivity index (χ4v) is 4.13. The number of hydrogen-bond donors (Lipinski definition) is 0. The summed E-state index contributed by atoms with van der Waals surface area (Å²) in [6, 6.07) is 5.43. The van der Waals surface area contributed by atoms with Crippen molar-refractivity contribution in [2.75, 3.05) is 31.2 Å². The van der Waals surface area contributed by atoms with Crippen LogP contribution in [-0.2, 0) is 4.74 Å². The average Bonchev–Trinajstić information content (AvgIpc) is 2.28. The number of anilines is 1. The molecule has 1 aromatic rings. The molecular formula is C13H20FNOSi. The quantitative estimate of drug-likeness (QED) is 0.749. The summed E-state index contributed by atoms with van der Waals surface area (Å²) in [4.78, 5) is 2.25. The minimum Gasteiger partial charge on any atom is -0.378 e. The molecule has 0 aliphatic carbocycles. The van der Waals surface area contributed by atoms with Gasteiger partial charge < -0.3 is 9.64 Å². The van der Waals surface area contributed by atoms with E-state index in [1.807, 2.05) is 12.1 Å². The first-order valence-electron chi connectivity index (χ1n) is 6.12. The van der Waals surface area contributed by atoms with Crippen molar-refractivity contribution in [2.24, 2.45) is 0 Å². The Morgan fingerprint density at radius 2 is 1.82 bits per heavy atom. The molecule has 1 aliphatic heterocycles. The summed E-state index contributed by atoms with van der Waals surface area (Å²) < 4.78 is 19.4. The van der Waals surface area contributed by atoms with Crippen LogP contribution in [-0.4, -0.2) is 34.4 Å². The third-order valence-electron chi connectivity index (χ3n) is 3.09. The summed E-state index contributed by atoms with van der Waals surface area (Å²) in [5, 5.41) is 0.946. The smallest absolute Gasteiger partial charge is 0.124 e. The van der Waals surface area contributed by atoms with Gasteiger partial charge in [-0.2, -0.15) is 0 Å². The summed E-state index contributed by atoms with van der Waals surface area (Å²) >= 11 is 0. The molecule has 1 saturated heterocycles. The van der Waals surface area contributed by atoms with Crippen LogP contribution in [0.5, 0.6) is 0 Å². The van der Waals surface area contributed by atoms with E-state index in [9.17, 15) is 4.39 Å². The highest BCUT2D eigenvalue weighted by molar-refractivity contribution is 6.89. The van der Waals surface area contributed by atoms with Gasteiger partial charge >= 0.3 is 0 Å². The first-order chi connectivity index (χ1) is 8.00. The molecule has 4 heteroatoms. The maximum atomic E-state index is 14.1. The SMILES string of the molecule is C[Si](C)(C)c1c(F)cccc1N1CCOCC1. The normalized spacial score (nSPS) is 17.3. The van der Waals surface area contributed by atoms with Crippen molar-refractivity contribution in [1.82, 2.24) is 0 Å². The number of ether oxygens (including phenoxy) is 1. The van der Waals surface area contributed by atoms with Crippen molar-refractivity contribution in [3.63, 3.8) is 0 Å². The van der Waals surface area contributed by atoms with Crippen molar-refractivity contribution < 1.29 is 9.13 Å². The molecule has 2 nitrogen and oxygen atoms in total. The van der Waals surface area contributed by atoms with E-state index < -0.39 is 8.07 Å². The molecule has 0 saturated carbocycles. The van der Waals surface area contributed by atoms with Gasteiger partial charge in [-0.05, 0) is 17.3 Å². The van der Waals surface area contributed by atoms with Gasteiger partial charge in [0, 0.05) is 18.8 Å². The third-order valence-corrected chi connectivity index (χ3v) is 5.09. The maximum absolute atomic E-state index is 14.1. The van der Waals surface area contributed by atoms with Crippen molar-refractivity contribution in [2.45, 2.75) is 19.6 Å². The molecule has 0 bridgehead atoms. The van der Waals surface area contributed by atoms with Crippen molar-refractivity contribution in [3.05, 3.63) is 24.0 Å². The Bertz CT molecular complexity index is 397. The Kier molecular flexibility index (Phi) is 3.54. The van der Waals surface area contributed by atoms with Crippen LogP contribution in [0.3, 0.4) is 0 Å². The van der Waals surface area contributed by atoms with E-state index in [1.54, 1.807) is 6.07 Å². The lowest BCUT2D eigenvalue weighted by atomic mass is 10.2. The van der Waals surface area contributed by atoms with Crippen LogP contribution in [0.1, 0.15) is 0 Å². The second-order valence-corrected chi connectivity index (χ2v) is 10.5. The summed E-state index contributed by atoms with van der Waals surface area (Å²) in [6.07, 6.45) is 0. The van der Waals surface area contributed by atoms with Gasteiger partial charge in [0.2, 0.25) is 0 Å². The average molecular weight is 253 g/mol. The molecule has 1 heterocycles. The lowest BCUT2D eigenvalue weighted by molar-refractivity contribution is 0.123. The Balaban J connectivity index is 2.42. The molecular weight excluding hydrogens is 233 g/mol. The highest BCUT2D eigenvalue weighted by Gasteiger charge is 2.27. The van der Waals surface area contributed by atoms with Gasteiger partial charge in [-0.15, -0.1) is 0 Å². The number of nitrogens with zero attached hydrogens (tertiary/aromatic N) is 1. The van der Waals surface area contributed by atoms with Gasteiger partial charge in [0.05, 0.1) is 21.3 Å². The van der Waals surface area contributed by atoms with Crippen molar-refractivity contribution >= 4 is 18.9 Å². The Morgan fingerprint density at radius 1 is 1.18 bits per heavy atom. The zero-order valence-electron chi connectivity index (χ0n) is 10.8. The zero-order chi connectivity index (χ0) is 12.5. The van der Waals surface area contributed by atoms with Gasteiger partial charge in [0.1, 0.15) is 5.82 Å². The maximum Gasteiger partial charge on any atom is 0.124 e. The summed E-state index contributed by atoms with van der Waals surface area (Å²) in [5.74, 6) is -0.0480. The molecule has 0 N–H and O–H groups in total. The first kappa shape index (κ1) is 12.6. The molecule has 0 amide bonds. The van der Waals surface area contributed by atoms with Gasteiger partial charge in [-0.3, -0.25) is 0 Å². The summed E-state index contributed by atoms with van der Waals surface area (Å²) in [6.45, 7) is 9.77. The molecule has 1 aliphatic rings. The van der Waals surface area contributed by atoms with Crippen LogP contribution >= 0.6 is 0 Å². The van der Waals surface area contributed by atoms with E-state index in [0.717, 1.165) is 37.2 Å². The molecule has 0 spiro atoms. The van der Waals surface area contributed by atoms with Gasteiger partial charge in [0.15, 0.2) is 0 Å². The second kappa shape index (κ2) is 4.78. The summed E-state index contributed by atoms with van der Waals surface area (Å²) in [7, 11) is -1.66. The van der Waals surface area contributed by atoms with E-state index in [0.29, 0.717) is 0 Å². The molecule has 94 valence electrons. The molecule has 0 unspecified atom stereocenters. The molecule has 0 radical (unpaired) electrons. The number of halogens is 1. The van der Waals surface area contributed by atoms with E-state index in [4.69, 9.17) is 4.74 Å². The fraction of sp³-hybridized carbons (Fsp3) is 0.538. The van der Waals surface area contributed by atoms with Gasteiger partial charge in [-0.25, -0.2) is 4.39 Å². The zero-order valence-corrected chi connectivity index (χ0v) is 11.8. The Hall–Kier alpha value is -0.873. The van der Waals surface area contributed by atoms with Crippen LogP contribution in [0.4, 0.5) is 10.1 Å². The van der Waals surface area contributed by atoms with Crippen LogP contribution in [0.25, 0.3) is 0 Å². The van der Waals surface area contributed by atoms with Crippen molar-refractivity contribution in [1.29, 1.82) is 0 Å². The van der Waals surface area contributed by atoms with E-state index >= 15 is 0 Å². The molecule has 1 fully saturated rings.